The number of hydrogen-bond acceptors (Lipinski definition) is 8. The van der Waals surface area contributed by atoms with Gasteiger partial charge in [0.05, 0.1) is 35.2 Å². The minimum Gasteiger partial charge on any atom is -0.493 e. The summed E-state index contributed by atoms with van der Waals surface area (Å²) < 4.78 is 10.7. The van der Waals surface area contributed by atoms with Crippen molar-refractivity contribution in [3.63, 3.8) is 0 Å². The lowest BCUT2D eigenvalue weighted by molar-refractivity contribution is -0.116. The fourth-order valence-corrected chi connectivity index (χ4v) is 6.72. The maximum atomic E-state index is 13.7. The number of methoxy groups -OCH3 is 2. The fourth-order valence-electron chi connectivity index (χ4n) is 4.69. The second kappa shape index (κ2) is 17.2. The number of aromatic nitrogens is 1. The fraction of sp³-hybridized carbons (Fsp3) is 0.135. The van der Waals surface area contributed by atoms with Crippen LogP contribution in [0.5, 0.6) is 11.5 Å². The van der Waals surface area contributed by atoms with Crippen molar-refractivity contribution in [2.75, 3.05) is 24.9 Å². The SMILES string of the molecule is CCC(Sc1cccc(NC(=O)/C(=C\c2ccc(OC)c(OC)c2)NC(=O)c2ccccc2)c1)C(=O)Nc1nc(-c2ccc(Cl)c(Cl)c2)cs1. The van der Waals surface area contributed by atoms with E-state index in [0.717, 1.165) is 10.5 Å². The van der Waals surface area contributed by atoms with Crippen LogP contribution in [0.2, 0.25) is 10.0 Å². The second-order valence-corrected chi connectivity index (χ2v) is 13.6. The van der Waals surface area contributed by atoms with Crippen LogP contribution in [0.15, 0.2) is 107 Å². The van der Waals surface area contributed by atoms with Crippen LogP contribution in [0.1, 0.15) is 29.3 Å². The van der Waals surface area contributed by atoms with Gasteiger partial charge in [0.2, 0.25) is 5.91 Å². The highest BCUT2D eigenvalue weighted by Gasteiger charge is 2.21. The molecule has 0 radical (unpaired) electrons. The van der Waals surface area contributed by atoms with Gasteiger partial charge in [-0.2, -0.15) is 0 Å². The summed E-state index contributed by atoms with van der Waals surface area (Å²) in [5.74, 6) is -0.199. The Bertz CT molecular complexity index is 2040. The number of ether oxygens (including phenoxy) is 2. The first-order valence-corrected chi connectivity index (χ1v) is 17.8. The molecule has 1 aromatic heterocycles. The second-order valence-electron chi connectivity index (χ2n) is 10.6. The summed E-state index contributed by atoms with van der Waals surface area (Å²) in [6.45, 7) is 1.92. The third kappa shape index (κ3) is 9.45. The third-order valence-corrected chi connectivity index (χ3v) is 10.1. The predicted molar refractivity (Wildman–Crippen MR) is 203 cm³/mol. The Balaban J connectivity index is 1.30. The number of halogens is 2. The van der Waals surface area contributed by atoms with Crippen molar-refractivity contribution in [1.29, 1.82) is 0 Å². The molecule has 5 aromatic rings. The third-order valence-electron chi connectivity index (χ3n) is 7.23. The largest absolute Gasteiger partial charge is 0.493 e. The quantitative estimate of drug-likeness (QED) is 0.0813. The van der Waals surface area contributed by atoms with E-state index in [1.54, 1.807) is 84.9 Å². The molecule has 1 unspecified atom stereocenters. The van der Waals surface area contributed by atoms with E-state index in [1.807, 2.05) is 24.4 Å². The number of amides is 3. The summed E-state index contributed by atoms with van der Waals surface area (Å²) in [5, 5.41) is 11.3. The number of hydrogen-bond donors (Lipinski definition) is 3. The van der Waals surface area contributed by atoms with Gasteiger partial charge in [0, 0.05) is 27.1 Å². The van der Waals surface area contributed by atoms with Crippen molar-refractivity contribution < 1.29 is 23.9 Å². The van der Waals surface area contributed by atoms with Gasteiger partial charge in [-0.05, 0) is 72.7 Å². The maximum Gasteiger partial charge on any atom is 0.272 e. The summed E-state index contributed by atoms with van der Waals surface area (Å²) >= 11 is 14.9. The van der Waals surface area contributed by atoms with Crippen LogP contribution in [0.25, 0.3) is 17.3 Å². The summed E-state index contributed by atoms with van der Waals surface area (Å²) in [5.41, 5.74) is 2.95. The van der Waals surface area contributed by atoms with E-state index in [1.165, 1.54) is 37.3 Å². The maximum absolute atomic E-state index is 13.7. The van der Waals surface area contributed by atoms with Gasteiger partial charge in [-0.15, -0.1) is 23.1 Å². The van der Waals surface area contributed by atoms with E-state index < -0.39 is 17.1 Å². The average Bonchev–Trinajstić information content (AvgIpc) is 3.60. The van der Waals surface area contributed by atoms with Crippen LogP contribution in [-0.4, -0.2) is 42.2 Å². The molecule has 256 valence electrons. The molecule has 0 spiro atoms. The molecule has 0 saturated carbocycles. The molecule has 1 atom stereocenters. The van der Waals surface area contributed by atoms with E-state index in [4.69, 9.17) is 32.7 Å². The normalized spacial score (nSPS) is 11.7. The van der Waals surface area contributed by atoms with Gasteiger partial charge in [-0.3, -0.25) is 14.4 Å². The van der Waals surface area contributed by atoms with Crippen LogP contribution in [0, 0.1) is 0 Å². The summed E-state index contributed by atoms with van der Waals surface area (Å²) in [6, 6.07) is 26.2. The first-order valence-electron chi connectivity index (χ1n) is 15.3. The van der Waals surface area contributed by atoms with Gasteiger partial charge in [0.15, 0.2) is 16.6 Å². The Morgan fingerprint density at radius 2 is 1.66 bits per heavy atom. The van der Waals surface area contributed by atoms with E-state index >= 15 is 0 Å². The minimum absolute atomic E-state index is 0.0126. The molecule has 0 saturated heterocycles. The van der Waals surface area contributed by atoms with Crippen LogP contribution in [-0.2, 0) is 9.59 Å². The van der Waals surface area contributed by atoms with Gasteiger partial charge in [-0.1, -0.05) is 66.5 Å². The van der Waals surface area contributed by atoms with Crippen LogP contribution >= 0.6 is 46.3 Å². The number of carbonyl (C=O) groups excluding carboxylic acids is 3. The lowest BCUT2D eigenvalue weighted by atomic mass is 10.1. The van der Waals surface area contributed by atoms with Gasteiger partial charge in [0.1, 0.15) is 5.70 Å². The molecule has 4 aromatic carbocycles. The smallest absolute Gasteiger partial charge is 0.272 e. The number of nitrogens with zero attached hydrogens (tertiary/aromatic N) is 1. The van der Waals surface area contributed by atoms with E-state index in [2.05, 4.69) is 20.9 Å². The molecule has 3 amide bonds. The Labute approximate surface area is 308 Å². The molecule has 0 aliphatic rings. The van der Waals surface area contributed by atoms with Gasteiger partial charge >= 0.3 is 0 Å². The molecule has 0 fully saturated rings. The summed E-state index contributed by atoms with van der Waals surface area (Å²) in [7, 11) is 3.05. The molecule has 9 nitrogen and oxygen atoms in total. The molecule has 3 N–H and O–H groups in total. The Morgan fingerprint density at radius 3 is 2.38 bits per heavy atom. The number of nitrogens with one attached hydrogen (secondary N) is 3. The highest BCUT2D eigenvalue weighted by molar-refractivity contribution is 8.00. The zero-order chi connectivity index (χ0) is 35.6. The monoisotopic (exact) mass is 746 g/mol. The van der Waals surface area contributed by atoms with E-state index in [9.17, 15) is 14.4 Å². The lowest BCUT2D eigenvalue weighted by Crippen LogP contribution is -2.30. The standard InChI is InChI=1S/C37H32Cl2N4O5S2/c1-4-33(36(46)43-37-42-30(21-49-37)24-14-15-27(38)28(39)19-24)50-26-12-8-11-25(20-26)40-35(45)29(41-34(44)23-9-6-5-7-10-23)17-22-13-16-31(47-2)32(18-22)48-3/h5-21,33H,4H2,1-3H3,(H,40,45)(H,41,44)(H,42,43,46)/b29-17+. The molecular weight excluding hydrogens is 715 g/mol. The first kappa shape index (κ1) is 36.5. The molecule has 13 heteroatoms. The summed E-state index contributed by atoms with van der Waals surface area (Å²) in [6.07, 6.45) is 2.10. The molecule has 5 rings (SSSR count). The number of carbonyl (C=O) groups is 3. The predicted octanol–water partition coefficient (Wildman–Crippen LogP) is 9.05. The van der Waals surface area contributed by atoms with Crippen molar-refractivity contribution in [3.8, 4) is 22.8 Å². The van der Waals surface area contributed by atoms with Crippen molar-refractivity contribution in [2.45, 2.75) is 23.5 Å². The molecule has 50 heavy (non-hydrogen) atoms. The number of anilines is 2. The van der Waals surface area contributed by atoms with Crippen LogP contribution in [0.3, 0.4) is 0 Å². The van der Waals surface area contributed by atoms with Gasteiger partial charge < -0.3 is 25.4 Å². The van der Waals surface area contributed by atoms with Crippen LogP contribution in [0.4, 0.5) is 10.8 Å². The first-order chi connectivity index (χ1) is 24.2. The van der Waals surface area contributed by atoms with Crippen molar-refractivity contribution in [3.05, 3.63) is 123 Å². The highest BCUT2D eigenvalue weighted by atomic mass is 35.5. The summed E-state index contributed by atoms with van der Waals surface area (Å²) in [4.78, 5) is 45.4. The Kier molecular flexibility index (Phi) is 12.6. The molecule has 1 heterocycles. The Morgan fingerprint density at radius 1 is 0.880 bits per heavy atom. The lowest BCUT2D eigenvalue weighted by Gasteiger charge is -2.15. The molecule has 0 bridgehead atoms. The number of benzene rings is 4. The number of rotatable bonds is 13. The minimum atomic E-state index is -0.544. The van der Waals surface area contributed by atoms with Crippen molar-refractivity contribution in [1.82, 2.24) is 10.3 Å². The van der Waals surface area contributed by atoms with E-state index in [-0.39, 0.29) is 11.6 Å². The Hall–Kier alpha value is -4.81. The molecular formula is C37H32Cl2N4O5S2. The number of thioether (sulfide) groups is 1. The highest BCUT2D eigenvalue weighted by Crippen LogP contribution is 2.33. The zero-order valence-corrected chi connectivity index (χ0v) is 30.3. The van der Waals surface area contributed by atoms with Crippen molar-refractivity contribution >= 4 is 80.9 Å². The molecule has 0 aliphatic heterocycles. The average molecular weight is 748 g/mol. The van der Waals surface area contributed by atoms with Gasteiger partial charge in [-0.25, -0.2) is 4.98 Å². The number of thiazole rings is 1. The topological polar surface area (TPSA) is 119 Å². The van der Waals surface area contributed by atoms with Crippen molar-refractivity contribution in [2.24, 2.45) is 0 Å². The van der Waals surface area contributed by atoms with Crippen LogP contribution < -0.4 is 25.4 Å². The zero-order valence-electron chi connectivity index (χ0n) is 27.2. The van der Waals surface area contributed by atoms with E-state index in [0.29, 0.717) is 55.6 Å². The van der Waals surface area contributed by atoms with Gasteiger partial charge in [0.25, 0.3) is 11.8 Å². The molecule has 0 aliphatic carbocycles.